The molecule has 102 valence electrons. The molecule has 0 aromatic carbocycles. The standard InChI is InChI=1S/C13H22N2O3/c1-3-5-8-18-13(17)7-6-12(16)11-9-14-10-15(11)4-2/h9-10,12,16H,3-8H2,1-2H3. The second-order valence-corrected chi connectivity index (χ2v) is 4.23. The number of carbonyl (C=O) groups is 1. The van der Waals surface area contributed by atoms with Crippen molar-refractivity contribution in [3.8, 4) is 0 Å². The van der Waals surface area contributed by atoms with Crippen molar-refractivity contribution in [1.82, 2.24) is 9.55 Å². The van der Waals surface area contributed by atoms with Crippen LogP contribution in [-0.4, -0.2) is 27.2 Å². The number of ether oxygens (including phenoxy) is 1. The Morgan fingerprint density at radius 3 is 3.00 bits per heavy atom. The van der Waals surface area contributed by atoms with E-state index in [0.717, 1.165) is 25.1 Å². The van der Waals surface area contributed by atoms with Gasteiger partial charge in [0.1, 0.15) is 0 Å². The van der Waals surface area contributed by atoms with Crippen molar-refractivity contribution in [2.24, 2.45) is 0 Å². The Bertz CT molecular complexity index is 363. The van der Waals surface area contributed by atoms with E-state index < -0.39 is 6.10 Å². The van der Waals surface area contributed by atoms with Crippen LogP contribution < -0.4 is 0 Å². The van der Waals surface area contributed by atoms with Crippen molar-refractivity contribution in [1.29, 1.82) is 0 Å². The van der Waals surface area contributed by atoms with Gasteiger partial charge in [-0.15, -0.1) is 0 Å². The lowest BCUT2D eigenvalue weighted by Gasteiger charge is -2.12. The number of hydrogen-bond acceptors (Lipinski definition) is 4. The molecule has 0 aliphatic heterocycles. The van der Waals surface area contributed by atoms with Gasteiger partial charge >= 0.3 is 5.97 Å². The van der Waals surface area contributed by atoms with Crippen molar-refractivity contribution < 1.29 is 14.6 Å². The number of rotatable bonds is 8. The first-order chi connectivity index (χ1) is 8.69. The van der Waals surface area contributed by atoms with Gasteiger partial charge in [0, 0.05) is 13.0 Å². The third kappa shape index (κ3) is 4.49. The van der Waals surface area contributed by atoms with Crippen molar-refractivity contribution in [2.45, 2.75) is 52.2 Å². The summed E-state index contributed by atoms with van der Waals surface area (Å²) in [5.41, 5.74) is 0.749. The first-order valence-electron chi connectivity index (χ1n) is 6.52. The molecule has 1 unspecified atom stereocenters. The van der Waals surface area contributed by atoms with Gasteiger partial charge in [0.2, 0.25) is 0 Å². The molecule has 1 atom stereocenters. The fourth-order valence-corrected chi connectivity index (χ4v) is 1.68. The molecule has 1 rings (SSSR count). The molecular weight excluding hydrogens is 232 g/mol. The smallest absolute Gasteiger partial charge is 0.305 e. The van der Waals surface area contributed by atoms with E-state index in [0.29, 0.717) is 13.0 Å². The van der Waals surface area contributed by atoms with Crippen LogP contribution in [-0.2, 0) is 16.1 Å². The average Bonchev–Trinajstić information content (AvgIpc) is 2.84. The van der Waals surface area contributed by atoms with Crippen LogP contribution in [0.3, 0.4) is 0 Å². The number of nitrogens with zero attached hydrogens (tertiary/aromatic N) is 2. The number of aliphatic hydroxyl groups excluding tert-OH is 1. The molecule has 1 N–H and O–H groups in total. The van der Waals surface area contributed by atoms with E-state index in [1.165, 1.54) is 0 Å². The van der Waals surface area contributed by atoms with E-state index in [9.17, 15) is 9.90 Å². The van der Waals surface area contributed by atoms with E-state index >= 15 is 0 Å². The second-order valence-electron chi connectivity index (χ2n) is 4.23. The van der Waals surface area contributed by atoms with Crippen molar-refractivity contribution in [2.75, 3.05) is 6.61 Å². The van der Waals surface area contributed by atoms with Gasteiger partial charge in [-0.25, -0.2) is 4.98 Å². The number of aliphatic hydroxyl groups is 1. The van der Waals surface area contributed by atoms with E-state index in [1.54, 1.807) is 12.5 Å². The predicted molar refractivity (Wildman–Crippen MR) is 68.0 cm³/mol. The molecule has 5 heteroatoms. The average molecular weight is 254 g/mol. The summed E-state index contributed by atoms with van der Waals surface area (Å²) in [6, 6.07) is 0. The Labute approximate surface area is 108 Å². The normalized spacial score (nSPS) is 12.4. The Balaban J connectivity index is 2.32. The number of hydrogen-bond donors (Lipinski definition) is 1. The van der Waals surface area contributed by atoms with Gasteiger partial charge in [-0.1, -0.05) is 13.3 Å². The Morgan fingerprint density at radius 1 is 1.56 bits per heavy atom. The lowest BCUT2D eigenvalue weighted by Crippen LogP contribution is -2.10. The first kappa shape index (κ1) is 14.7. The summed E-state index contributed by atoms with van der Waals surface area (Å²) in [4.78, 5) is 15.4. The zero-order chi connectivity index (χ0) is 13.4. The molecule has 0 amide bonds. The van der Waals surface area contributed by atoms with Crippen molar-refractivity contribution in [3.05, 3.63) is 18.2 Å². The largest absolute Gasteiger partial charge is 0.466 e. The van der Waals surface area contributed by atoms with Crippen LogP contribution in [0.1, 0.15) is 51.3 Å². The number of unbranched alkanes of at least 4 members (excludes halogenated alkanes) is 1. The molecule has 0 radical (unpaired) electrons. The lowest BCUT2D eigenvalue weighted by atomic mass is 10.1. The number of imidazole rings is 1. The third-order valence-electron chi connectivity index (χ3n) is 2.81. The van der Waals surface area contributed by atoms with Crippen LogP contribution in [0.4, 0.5) is 0 Å². The predicted octanol–water partition coefficient (Wildman–Crippen LogP) is 2.06. The molecule has 0 aliphatic rings. The summed E-state index contributed by atoms with van der Waals surface area (Å²) < 4.78 is 6.90. The monoisotopic (exact) mass is 254 g/mol. The van der Waals surface area contributed by atoms with Gasteiger partial charge < -0.3 is 14.4 Å². The van der Waals surface area contributed by atoms with Crippen LogP contribution in [0.5, 0.6) is 0 Å². The van der Waals surface area contributed by atoms with Crippen LogP contribution >= 0.6 is 0 Å². The van der Waals surface area contributed by atoms with Crippen molar-refractivity contribution in [3.63, 3.8) is 0 Å². The molecule has 0 bridgehead atoms. The molecule has 5 nitrogen and oxygen atoms in total. The van der Waals surface area contributed by atoms with Gasteiger partial charge in [-0.2, -0.15) is 0 Å². The molecule has 18 heavy (non-hydrogen) atoms. The van der Waals surface area contributed by atoms with Crippen LogP contribution in [0.15, 0.2) is 12.5 Å². The fraction of sp³-hybridized carbons (Fsp3) is 0.692. The minimum absolute atomic E-state index is 0.236. The quantitative estimate of drug-likeness (QED) is 0.569. The van der Waals surface area contributed by atoms with Gasteiger partial charge in [0.15, 0.2) is 0 Å². The lowest BCUT2D eigenvalue weighted by molar-refractivity contribution is -0.144. The first-order valence-corrected chi connectivity index (χ1v) is 6.52. The molecule has 0 spiro atoms. The minimum atomic E-state index is -0.661. The zero-order valence-corrected chi connectivity index (χ0v) is 11.1. The van der Waals surface area contributed by atoms with Crippen molar-refractivity contribution >= 4 is 5.97 Å². The topological polar surface area (TPSA) is 64.3 Å². The molecule has 0 saturated heterocycles. The summed E-state index contributed by atoms with van der Waals surface area (Å²) in [6.07, 6.45) is 5.15. The third-order valence-corrected chi connectivity index (χ3v) is 2.81. The maximum absolute atomic E-state index is 11.4. The van der Waals surface area contributed by atoms with Crippen LogP contribution in [0.25, 0.3) is 0 Å². The molecule has 1 aromatic rings. The summed E-state index contributed by atoms with van der Waals surface area (Å²) in [5, 5.41) is 9.97. The van der Waals surface area contributed by atoms with Gasteiger partial charge in [-0.05, 0) is 19.8 Å². The SMILES string of the molecule is CCCCOC(=O)CCC(O)c1cncn1CC. The highest BCUT2D eigenvalue weighted by Gasteiger charge is 2.14. The highest BCUT2D eigenvalue weighted by molar-refractivity contribution is 5.69. The second kappa shape index (κ2) is 7.87. The minimum Gasteiger partial charge on any atom is -0.466 e. The summed E-state index contributed by atoms with van der Waals surface area (Å²) in [5.74, 6) is -0.245. The number of aromatic nitrogens is 2. The molecular formula is C13H22N2O3. The molecule has 0 aliphatic carbocycles. The van der Waals surface area contributed by atoms with E-state index in [4.69, 9.17) is 4.74 Å². The van der Waals surface area contributed by atoms with E-state index in [1.807, 2.05) is 18.4 Å². The van der Waals surface area contributed by atoms with Gasteiger partial charge in [-0.3, -0.25) is 4.79 Å². The number of carbonyl (C=O) groups excluding carboxylic acids is 1. The maximum atomic E-state index is 11.4. The number of aryl methyl sites for hydroxylation is 1. The summed E-state index contributed by atoms with van der Waals surface area (Å²) >= 11 is 0. The summed E-state index contributed by atoms with van der Waals surface area (Å²) in [7, 11) is 0. The van der Waals surface area contributed by atoms with Gasteiger partial charge in [0.05, 0.1) is 30.9 Å². The Kier molecular flexibility index (Phi) is 6.43. The highest BCUT2D eigenvalue weighted by atomic mass is 16.5. The zero-order valence-electron chi connectivity index (χ0n) is 11.1. The Morgan fingerprint density at radius 2 is 2.33 bits per heavy atom. The molecule has 0 saturated carbocycles. The number of esters is 1. The van der Waals surface area contributed by atoms with E-state index in [-0.39, 0.29) is 12.4 Å². The van der Waals surface area contributed by atoms with E-state index in [2.05, 4.69) is 4.98 Å². The Hall–Kier alpha value is -1.36. The highest BCUT2D eigenvalue weighted by Crippen LogP contribution is 2.18. The summed E-state index contributed by atoms with van der Waals surface area (Å²) in [6.45, 7) is 5.26. The van der Waals surface area contributed by atoms with Crippen LogP contribution in [0.2, 0.25) is 0 Å². The molecule has 0 fully saturated rings. The molecule has 1 aromatic heterocycles. The maximum Gasteiger partial charge on any atom is 0.305 e. The molecule has 1 heterocycles. The fourth-order valence-electron chi connectivity index (χ4n) is 1.68. The van der Waals surface area contributed by atoms with Crippen LogP contribution in [0, 0.1) is 0 Å². The van der Waals surface area contributed by atoms with Gasteiger partial charge in [0.25, 0.3) is 0 Å².